The molecule has 0 aliphatic heterocycles. The molecule has 1 aliphatic carbocycles. The highest BCUT2D eigenvalue weighted by Crippen LogP contribution is 2.37. The SMILES string of the molecule is CCCCC[C@H]1CC[C@H](c2ccc(CC(O)C#Cc3ccc(OCCCC)cc3)cc2)CC1. The average molecular weight is 447 g/mol. The molecule has 0 bridgehead atoms. The van der Waals surface area contributed by atoms with E-state index in [1.54, 1.807) is 0 Å². The number of hydrogen-bond donors (Lipinski definition) is 1. The maximum Gasteiger partial charge on any atom is 0.119 e. The predicted octanol–water partition coefficient (Wildman–Crippen LogP) is 7.67. The van der Waals surface area contributed by atoms with Gasteiger partial charge < -0.3 is 9.84 Å². The Morgan fingerprint density at radius 2 is 1.58 bits per heavy atom. The molecular formula is C31H42O2. The number of aliphatic hydroxyl groups excluding tert-OH is 1. The van der Waals surface area contributed by atoms with Crippen molar-refractivity contribution in [1.82, 2.24) is 0 Å². The summed E-state index contributed by atoms with van der Waals surface area (Å²) in [5.41, 5.74) is 3.51. The Hall–Kier alpha value is -2.24. The van der Waals surface area contributed by atoms with E-state index in [4.69, 9.17) is 4.74 Å². The first-order valence-electron chi connectivity index (χ1n) is 13.2. The summed E-state index contributed by atoms with van der Waals surface area (Å²) in [7, 11) is 0. The molecule has 2 aromatic rings. The number of benzene rings is 2. The molecule has 1 aliphatic rings. The summed E-state index contributed by atoms with van der Waals surface area (Å²) >= 11 is 0. The predicted molar refractivity (Wildman–Crippen MR) is 139 cm³/mol. The zero-order valence-electron chi connectivity index (χ0n) is 20.7. The summed E-state index contributed by atoms with van der Waals surface area (Å²) < 4.78 is 5.69. The second kappa shape index (κ2) is 14.1. The molecule has 178 valence electrons. The fourth-order valence-corrected chi connectivity index (χ4v) is 4.80. The highest BCUT2D eigenvalue weighted by atomic mass is 16.5. The van der Waals surface area contributed by atoms with E-state index in [1.807, 2.05) is 24.3 Å². The quantitative estimate of drug-likeness (QED) is 0.283. The third-order valence-electron chi connectivity index (χ3n) is 6.95. The first-order valence-corrected chi connectivity index (χ1v) is 13.2. The van der Waals surface area contributed by atoms with Crippen LogP contribution in [0.4, 0.5) is 0 Å². The van der Waals surface area contributed by atoms with Crippen molar-refractivity contribution in [1.29, 1.82) is 0 Å². The second-order valence-corrected chi connectivity index (χ2v) is 9.67. The number of hydrogen-bond acceptors (Lipinski definition) is 2. The van der Waals surface area contributed by atoms with Crippen LogP contribution in [0, 0.1) is 17.8 Å². The minimum Gasteiger partial charge on any atom is -0.494 e. The van der Waals surface area contributed by atoms with E-state index >= 15 is 0 Å². The summed E-state index contributed by atoms with van der Waals surface area (Å²) in [6.07, 6.45) is 13.1. The van der Waals surface area contributed by atoms with Crippen molar-refractivity contribution in [2.24, 2.45) is 5.92 Å². The molecule has 3 rings (SSSR count). The molecule has 0 heterocycles. The van der Waals surface area contributed by atoms with Crippen molar-refractivity contribution in [2.45, 2.75) is 96.5 Å². The summed E-state index contributed by atoms with van der Waals surface area (Å²) in [4.78, 5) is 0. The van der Waals surface area contributed by atoms with E-state index in [-0.39, 0.29) is 0 Å². The van der Waals surface area contributed by atoms with E-state index in [0.29, 0.717) is 12.3 Å². The van der Waals surface area contributed by atoms with Crippen LogP contribution in [0.5, 0.6) is 5.75 Å². The van der Waals surface area contributed by atoms with Crippen molar-refractivity contribution >= 4 is 0 Å². The first-order chi connectivity index (χ1) is 16.2. The van der Waals surface area contributed by atoms with Crippen LogP contribution in [0.25, 0.3) is 0 Å². The smallest absolute Gasteiger partial charge is 0.119 e. The molecule has 0 amide bonds. The van der Waals surface area contributed by atoms with Crippen molar-refractivity contribution in [3.8, 4) is 17.6 Å². The maximum absolute atomic E-state index is 10.4. The van der Waals surface area contributed by atoms with Crippen molar-refractivity contribution < 1.29 is 9.84 Å². The zero-order valence-corrected chi connectivity index (χ0v) is 20.7. The summed E-state index contributed by atoms with van der Waals surface area (Å²) in [5, 5.41) is 10.4. The van der Waals surface area contributed by atoms with E-state index in [1.165, 1.54) is 56.9 Å². The Morgan fingerprint density at radius 1 is 0.879 bits per heavy atom. The van der Waals surface area contributed by atoms with Gasteiger partial charge in [-0.1, -0.05) is 82.1 Å². The molecule has 1 fully saturated rings. The van der Waals surface area contributed by atoms with Gasteiger partial charge in [0.15, 0.2) is 0 Å². The van der Waals surface area contributed by atoms with Crippen LogP contribution in [0.2, 0.25) is 0 Å². The van der Waals surface area contributed by atoms with Gasteiger partial charge in [-0.25, -0.2) is 0 Å². The lowest BCUT2D eigenvalue weighted by Gasteiger charge is -2.29. The van der Waals surface area contributed by atoms with Gasteiger partial charge in [0.1, 0.15) is 11.9 Å². The van der Waals surface area contributed by atoms with Gasteiger partial charge in [0, 0.05) is 12.0 Å². The second-order valence-electron chi connectivity index (χ2n) is 9.67. The molecular weight excluding hydrogens is 404 g/mol. The summed E-state index contributed by atoms with van der Waals surface area (Å²) in [6, 6.07) is 16.7. The van der Waals surface area contributed by atoms with E-state index in [0.717, 1.165) is 42.2 Å². The van der Waals surface area contributed by atoms with Crippen LogP contribution in [0.3, 0.4) is 0 Å². The van der Waals surface area contributed by atoms with Gasteiger partial charge in [0.2, 0.25) is 0 Å². The fraction of sp³-hybridized carbons (Fsp3) is 0.548. The van der Waals surface area contributed by atoms with Gasteiger partial charge in [-0.15, -0.1) is 0 Å². The van der Waals surface area contributed by atoms with Crippen LogP contribution < -0.4 is 4.74 Å². The topological polar surface area (TPSA) is 29.5 Å². The molecule has 1 N–H and O–H groups in total. The maximum atomic E-state index is 10.4. The molecule has 0 saturated heterocycles. The fourth-order valence-electron chi connectivity index (χ4n) is 4.80. The van der Waals surface area contributed by atoms with Gasteiger partial charge in [-0.3, -0.25) is 0 Å². The number of rotatable bonds is 11. The molecule has 2 nitrogen and oxygen atoms in total. The van der Waals surface area contributed by atoms with Crippen LogP contribution in [-0.4, -0.2) is 17.8 Å². The molecule has 0 aromatic heterocycles. The minimum atomic E-state index is -0.658. The molecule has 2 heteroatoms. The van der Waals surface area contributed by atoms with Crippen molar-refractivity contribution in [2.75, 3.05) is 6.61 Å². The zero-order chi connectivity index (χ0) is 23.3. The minimum absolute atomic E-state index is 0.565. The third-order valence-corrected chi connectivity index (χ3v) is 6.95. The Morgan fingerprint density at radius 3 is 2.24 bits per heavy atom. The number of aliphatic hydroxyl groups is 1. The first kappa shape index (κ1) is 25.4. The molecule has 0 radical (unpaired) electrons. The van der Waals surface area contributed by atoms with E-state index < -0.39 is 6.10 Å². The highest BCUT2D eigenvalue weighted by molar-refractivity contribution is 5.39. The normalized spacial score (nSPS) is 18.9. The van der Waals surface area contributed by atoms with Gasteiger partial charge in [-0.05, 0) is 79.3 Å². The highest BCUT2D eigenvalue weighted by Gasteiger charge is 2.22. The van der Waals surface area contributed by atoms with Gasteiger partial charge in [0.25, 0.3) is 0 Å². The van der Waals surface area contributed by atoms with Crippen LogP contribution >= 0.6 is 0 Å². The van der Waals surface area contributed by atoms with Crippen LogP contribution in [-0.2, 0) is 6.42 Å². The standard InChI is InChI=1S/C31H42O2/c1-3-5-7-8-25-9-16-28(17-10-25)29-18-11-27(12-19-29)24-30(32)20-13-26-14-21-31(22-15-26)33-23-6-4-2/h11-12,14-15,18-19,21-22,25,28,30,32H,3-10,16-17,23-24H2,1-2H3/t25-,28-,30?. The summed E-state index contributed by atoms with van der Waals surface area (Å²) in [6.45, 7) is 5.19. The molecule has 2 aromatic carbocycles. The van der Waals surface area contributed by atoms with Gasteiger partial charge >= 0.3 is 0 Å². The lowest BCUT2D eigenvalue weighted by atomic mass is 9.77. The van der Waals surface area contributed by atoms with Gasteiger partial charge in [-0.2, -0.15) is 0 Å². The lowest BCUT2D eigenvalue weighted by Crippen LogP contribution is -2.13. The van der Waals surface area contributed by atoms with E-state index in [2.05, 4.69) is 50.0 Å². The lowest BCUT2D eigenvalue weighted by molar-refractivity contribution is 0.233. The van der Waals surface area contributed by atoms with Crippen LogP contribution in [0.15, 0.2) is 48.5 Å². The summed E-state index contributed by atoms with van der Waals surface area (Å²) in [5.74, 6) is 8.61. The third kappa shape index (κ3) is 8.90. The molecule has 1 saturated carbocycles. The molecule has 33 heavy (non-hydrogen) atoms. The Bertz CT molecular complexity index is 849. The molecule has 1 atom stereocenters. The molecule has 0 spiro atoms. The average Bonchev–Trinajstić information content (AvgIpc) is 2.85. The van der Waals surface area contributed by atoms with Crippen LogP contribution in [0.1, 0.15) is 101 Å². The van der Waals surface area contributed by atoms with Crippen molar-refractivity contribution in [3.05, 3.63) is 65.2 Å². The Kier molecular flexibility index (Phi) is 10.9. The molecule has 1 unspecified atom stereocenters. The monoisotopic (exact) mass is 446 g/mol. The number of unbranched alkanes of at least 4 members (excludes halogenated alkanes) is 3. The Labute approximate surface area is 201 Å². The largest absolute Gasteiger partial charge is 0.494 e. The van der Waals surface area contributed by atoms with Crippen molar-refractivity contribution in [3.63, 3.8) is 0 Å². The van der Waals surface area contributed by atoms with Gasteiger partial charge in [0.05, 0.1) is 6.61 Å². The van der Waals surface area contributed by atoms with E-state index in [9.17, 15) is 5.11 Å². The Balaban J connectivity index is 1.44. The number of ether oxygens (including phenoxy) is 1.